The molecule has 94 valence electrons. The van der Waals surface area contributed by atoms with E-state index in [1.165, 1.54) is 7.11 Å². The van der Waals surface area contributed by atoms with Crippen molar-refractivity contribution in [3.05, 3.63) is 5.82 Å². The van der Waals surface area contributed by atoms with Crippen LogP contribution in [0.1, 0.15) is 5.82 Å². The first-order chi connectivity index (χ1) is 8.02. The number of rotatable bonds is 5. The topological polar surface area (TPSA) is 113 Å². The minimum Gasteiger partial charge on any atom is -0.479 e. The van der Waals surface area contributed by atoms with Gasteiger partial charge in [0.15, 0.2) is 6.10 Å². The molecule has 0 aliphatic carbocycles. The summed E-state index contributed by atoms with van der Waals surface area (Å²) in [7, 11) is 1.26. The number of amides is 2. The number of aliphatic carboxylic acids is 1. The molecule has 17 heavy (non-hydrogen) atoms. The van der Waals surface area contributed by atoms with Crippen LogP contribution in [-0.4, -0.2) is 46.2 Å². The molecule has 1 unspecified atom stereocenters. The fraction of sp³-hybridized carbons (Fsp3) is 0.500. The molecule has 1 atom stereocenters. The van der Waals surface area contributed by atoms with Crippen molar-refractivity contribution in [2.45, 2.75) is 13.0 Å². The molecule has 1 heterocycles. The van der Waals surface area contributed by atoms with E-state index < -0.39 is 18.1 Å². The number of hydrogen-bond acceptors (Lipinski definition) is 6. The van der Waals surface area contributed by atoms with Crippen molar-refractivity contribution in [3.63, 3.8) is 0 Å². The normalized spacial score (nSPS) is 11.9. The van der Waals surface area contributed by atoms with Gasteiger partial charge in [-0.15, -0.1) is 0 Å². The van der Waals surface area contributed by atoms with Gasteiger partial charge in [-0.2, -0.15) is 4.37 Å². The van der Waals surface area contributed by atoms with Gasteiger partial charge in [0, 0.05) is 18.6 Å². The SMILES string of the molecule is COC(CNC(=O)Nc1nc(C)ns1)C(=O)O. The number of aromatic nitrogens is 2. The van der Waals surface area contributed by atoms with Crippen molar-refractivity contribution >= 4 is 28.7 Å². The number of carbonyl (C=O) groups is 2. The average Bonchev–Trinajstić information content (AvgIpc) is 2.64. The maximum absolute atomic E-state index is 11.3. The minimum atomic E-state index is -1.14. The Morgan fingerprint density at radius 1 is 1.59 bits per heavy atom. The van der Waals surface area contributed by atoms with Crippen molar-refractivity contribution in [2.75, 3.05) is 19.0 Å². The first kappa shape index (κ1) is 13.3. The quantitative estimate of drug-likeness (QED) is 0.690. The standard InChI is InChI=1S/C8H12N4O4S/c1-4-10-8(17-12-4)11-7(15)9-3-5(16-2)6(13)14/h5H,3H2,1-2H3,(H,13,14)(H2,9,10,11,12,15). The third kappa shape index (κ3) is 4.33. The molecule has 0 aliphatic rings. The zero-order chi connectivity index (χ0) is 12.8. The summed E-state index contributed by atoms with van der Waals surface area (Å²) in [5, 5.41) is 13.8. The molecule has 0 bridgehead atoms. The number of hydrogen-bond donors (Lipinski definition) is 3. The van der Waals surface area contributed by atoms with Crippen LogP contribution in [0.15, 0.2) is 0 Å². The number of carboxylic acids is 1. The number of carbonyl (C=O) groups excluding carboxylic acids is 1. The van der Waals surface area contributed by atoms with E-state index >= 15 is 0 Å². The summed E-state index contributed by atoms with van der Waals surface area (Å²) >= 11 is 1.04. The number of carboxylic acid groups (broad SMARTS) is 1. The summed E-state index contributed by atoms with van der Waals surface area (Å²) in [6.45, 7) is 1.57. The van der Waals surface area contributed by atoms with Crippen LogP contribution >= 0.6 is 11.5 Å². The smallest absolute Gasteiger partial charge is 0.334 e. The minimum absolute atomic E-state index is 0.130. The van der Waals surface area contributed by atoms with E-state index in [-0.39, 0.29) is 6.54 Å². The molecule has 0 aromatic carbocycles. The molecular weight excluding hydrogens is 248 g/mol. The van der Waals surface area contributed by atoms with Gasteiger partial charge in [0.2, 0.25) is 5.13 Å². The first-order valence-electron chi connectivity index (χ1n) is 4.63. The van der Waals surface area contributed by atoms with Crippen LogP contribution in [0.25, 0.3) is 0 Å². The molecule has 0 radical (unpaired) electrons. The molecule has 8 nitrogen and oxygen atoms in total. The highest BCUT2D eigenvalue weighted by molar-refractivity contribution is 7.09. The number of anilines is 1. The Hall–Kier alpha value is -1.74. The molecule has 0 fully saturated rings. The predicted molar refractivity (Wildman–Crippen MR) is 60.1 cm³/mol. The van der Waals surface area contributed by atoms with Gasteiger partial charge in [-0.05, 0) is 6.92 Å². The average molecular weight is 260 g/mol. The van der Waals surface area contributed by atoms with Crippen LogP contribution in [0.5, 0.6) is 0 Å². The lowest BCUT2D eigenvalue weighted by Gasteiger charge is -2.11. The Bertz CT molecular complexity index is 408. The monoisotopic (exact) mass is 260 g/mol. The zero-order valence-corrected chi connectivity index (χ0v) is 10.1. The van der Waals surface area contributed by atoms with Gasteiger partial charge in [0.25, 0.3) is 0 Å². The molecule has 1 aromatic heterocycles. The second-order valence-corrected chi connectivity index (χ2v) is 3.80. The molecule has 0 saturated carbocycles. The Kier molecular flexibility index (Phi) is 4.79. The first-order valence-corrected chi connectivity index (χ1v) is 5.41. The summed E-state index contributed by atoms with van der Waals surface area (Å²) in [5.74, 6) is -0.579. The van der Waals surface area contributed by atoms with Crippen LogP contribution in [0.4, 0.5) is 9.93 Å². The Morgan fingerprint density at radius 2 is 2.29 bits per heavy atom. The van der Waals surface area contributed by atoms with Crippen molar-refractivity contribution < 1.29 is 19.4 Å². The maximum Gasteiger partial charge on any atom is 0.334 e. The van der Waals surface area contributed by atoms with Crippen LogP contribution in [0.3, 0.4) is 0 Å². The fourth-order valence-corrected chi connectivity index (χ4v) is 1.52. The summed E-state index contributed by atoms with van der Waals surface area (Å²) in [4.78, 5) is 25.8. The third-order valence-electron chi connectivity index (χ3n) is 1.76. The highest BCUT2D eigenvalue weighted by Gasteiger charge is 2.17. The molecule has 0 aliphatic heterocycles. The summed E-state index contributed by atoms with van der Waals surface area (Å²) in [6, 6.07) is -0.551. The van der Waals surface area contributed by atoms with E-state index in [2.05, 4.69) is 24.7 Å². The van der Waals surface area contributed by atoms with E-state index in [1.54, 1.807) is 6.92 Å². The Balaban J connectivity index is 2.37. The second-order valence-electron chi connectivity index (χ2n) is 3.04. The van der Waals surface area contributed by atoms with Gasteiger partial charge in [0.05, 0.1) is 6.54 Å². The molecule has 3 N–H and O–H groups in total. The summed E-state index contributed by atoms with van der Waals surface area (Å²) < 4.78 is 8.53. The molecule has 2 amide bonds. The number of aryl methyl sites for hydroxylation is 1. The predicted octanol–water partition coefficient (Wildman–Crippen LogP) is 0.0676. The Labute approximate surface area is 101 Å². The van der Waals surface area contributed by atoms with Gasteiger partial charge < -0.3 is 15.2 Å². The molecular formula is C8H12N4O4S. The van der Waals surface area contributed by atoms with Crippen molar-refractivity contribution in [3.8, 4) is 0 Å². The van der Waals surface area contributed by atoms with Gasteiger partial charge in [-0.25, -0.2) is 14.6 Å². The second kappa shape index (κ2) is 6.11. The number of nitrogens with one attached hydrogen (secondary N) is 2. The third-order valence-corrected chi connectivity index (χ3v) is 2.48. The van der Waals surface area contributed by atoms with Gasteiger partial charge >= 0.3 is 12.0 Å². The number of nitrogens with zero attached hydrogens (tertiary/aromatic N) is 2. The number of urea groups is 1. The van der Waals surface area contributed by atoms with E-state index in [0.29, 0.717) is 11.0 Å². The Morgan fingerprint density at radius 3 is 2.76 bits per heavy atom. The summed E-state index contributed by atoms with van der Waals surface area (Å²) in [5.41, 5.74) is 0. The lowest BCUT2D eigenvalue weighted by Crippen LogP contribution is -2.39. The van der Waals surface area contributed by atoms with Crippen LogP contribution < -0.4 is 10.6 Å². The highest BCUT2D eigenvalue weighted by atomic mass is 32.1. The van der Waals surface area contributed by atoms with Crippen LogP contribution in [0.2, 0.25) is 0 Å². The number of ether oxygens (including phenoxy) is 1. The molecule has 1 aromatic rings. The number of methoxy groups -OCH3 is 1. The van der Waals surface area contributed by atoms with Gasteiger partial charge in [-0.1, -0.05) is 0 Å². The largest absolute Gasteiger partial charge is 0.479 e. The van der Waals surface area contributed by atoms with E-state index in [4.69, 9.17) is 5.11 Å². The van der Waals surface area contributed by atoms with Crippen LogP contribution in [0, 0.1) is 6.92 Å². The fourth-order valence-electron chi connectivity index (χ4n) is 0.946. The van der Waals surface area contributed by atoms with Gasteiger partial charge in [0.1, 0.15) is 5.82 Å². The van der Waals surface area contributed by atoms with E-state index in [0.717, 1.165) is 11.5 Å². The van der Waals surface area contributed by atoms with Crippen molar-refractivity contribution in [1.82, 2.24) is 14.7 Å². The molecule has 0 saturated heterocycles. The highest BCUT2D eigenvalue weighted by Crippen LogP contribution is 2.09. The van der Waals surface area contributed by atoms with Crippen molar-refractivity contribution in [2.24, 2.45) is 0 Å². The maximum atomic E-state index is 11.3. The molecule has 1 rings (SSSR count). The van der Waals surface area contributed by atoms with Gasteiger partial charge in [-0.3, -0.25) is 5.32 Å². The zero-order valence-electron chi connectivity index (χ0n) is 9.26. The van der Waals surface area contributed by atoms with Crippen LogP contribution in [-0.2, 0) is 9.53 Å². The lowest BCUT2D eigenvalue weighted by molar-refractivity contribution is -0.147. The van der Waals surface area contributed by atoms with E-state index in [1.807, 2.05) is 0 Å². The lowest BCUT2D eigenvalue weighted by atomic mass is 10.3. The van der Waals surface area contributed by atoms with Crippen molar-refractivity contribution in [1.29, 1.82) is 0 Å². The molecule has 0 spiro atoms. The molecule has 9 heteroatoms. The summed E-state index contributed by atoms with van der Waals surface area (Å²) in [6.07, 6.45) is -1.07. The van der Waals surface area contributed by atoms with E-state index in [9.17, 15) is 9.59 Å².